The Morgan fingerprint density at radius 2 is 1.82 bits per heavy atom. The molecule has 4 rings (SSSR count). The summed E-state index contributed by atoms with van der Waals surface area (Å²) in [6.45, 7) is 0.987. The number of hydrogen-bond donors (Lipinski definition) is 1. The van der Waals surface area contributed by atoms with Crippen molar-refractivity contribution in [3.05, 3.63) is 42.0 Å². The summed E-state index contributed by atoms with van der Waals surface area (Å²) < 4.78 is 27.0. The minimum atomic E-state index is -0.465. The zero-order valence-electron chi connectivity index (χ0n) is 15.2. The first-order valence-electron chi connectivity index (χ1n) is 8.45. The van der Waals surface area contributed by atoms with Crippen LogP contribution in [0.25, 0.3) is 11.5 Å². The molecule has 1 aromatic heterocycles. The number of hydrogen-bond acceptors (Lipinski definition) is 8. The van der Waals surface area contributed by atoms with Gasteiger partial charge >= 0.3 is 6.01 Å². The molecule has 0 bridgehead atoms. The van der Waals surface area contributed by atoms with E-state index in [1.165, 1.54) is 14.2 Å². The second kappa shape index (κ2) is 7.47. The number of methoxy groups -OCH3 is 2. The molecule has 3 aromatic rings. The summed E-state index contributed by atoms with van der Waals surface area (Å²) in [5, 5.41) is 10.4. The van der Waals surface area contributed by atoms with Gasteiger partial charge in [-0.1, -0.05) is 5.10 Å². The summed E-state index contributed by atoms with van der Waals surface area (Å²) in [4.78, 5) is 12.6. The van der Waals surface area contributed by atoms with Crippen molar-refractivity contribution in [3.63, 3.8) is 0 Å². The maximum atomic E-state index is 12.6. The molecule has 0 saturated carbocycles. The highest BCUT2D eigenvalue weighted by atomic mass is 16.6. The minimum absolute atomic E-state index is 0.0419. The molecular formula is C19H17N3O6. The fraction of sp³-hybridized carbons (Fsp3) is 0.211. The summed E-state index contributed by atoms with van der Waals surface area (Å²) in [5.41, 5.74) is 0.928. The Labute approximate surface area is 160 Å². The predicted octanol–water partition coefficient (Wildman–Crippen LogP) is 2.78. The van der Waals surface area contributed by atoms with Crippen molar-refractivity contribution in [2.75, 3.05) is 32.8 Å². The van der Waals surface area contributed by atoms with E-state index in [0.717, 1.165) is 0 Å². The van der Waals surface area contributed by atoms with Gasteiger partial charge in [-0.15, -0.1) is 5.10 Å². The van der Waals surface area contributed by atoms with Gasteiger partial charge in [0.2, 0.25) is 5.89 Å². The van der Waals surface area contributed by atoms with Gasteiger partial charge in [0.25, 0.3) is 5.91 Å². The van der Waals surface area contributed by atoms with Gasteiger partial charge in [-0.2, -0.15) is 0 Å². The van der Waals surface area contributed by atoms with Crippen LogP contribution < -0.4 is 24.3 Å². The van der Waals surface area contributed by atoms with Crippen LogP contribution in [0.15, 0.2) is 40.8 Å². The zero-order chi connectivity index (χ0) is 19.5. The van der Waals surface area contributed by atoms with E-state index >= 15 is 0 Å². The number of ether oxygens (including phenoxy) is 4. The zero-order valence-corrected chi connectivity index (χ0v) is 15.2. The first-order valence-corrected chi connectivity index (χ1v) is 8.45. The summed E-state index contributed by atoms with van der Waals surface area (Å²) in [6.07, 6.45) is 0. The number of carbonyl (C=O) groups is 1. The largest absolute Gasteiger partial charge is 0.497 e. The third-order valence-electron chi connectivity index (χ3n) is 4.09. The van der Waals surface area contributed by atoms with E-state index < -0.39 is 5.91 Å². The van der Waals surface area contributed by atoms with Crippen LogP contribution in [0.1, 0.15) is 10.4 Å². The lowest BCUT2D eigenvalue weighted by Crippen LogP contribution is -2.15. The highest BCUT2D eigenvalue weighted by Crippen LogP contribution is 2.34. The van der Waals surface area contributed by atoms with Crippen molar-refractivity contribution in [1.82, 2.24) is 10.2 Å². The molecule has 0 unspecified atom stereocenters. The molecular weight excluding hydrogens is 366 g/mol. The monoisotopic (exact) mass is 383 g/mol. The van der Waals surface area contributed by atoms with Gasteiger partial charge in [0.1, 0.15) is 24.7 Å². The second-order valence-electron chi connectivity index (χ2n) is 5.79. The average Bonchev–Trinajstić information content (AvgIpc) is 3.21. The number of anilines is 1. The second-order valence-corrected chi connectivity index (χ2v) is 5.79. The van der Waals surface area contributed by atoms with Crippen LogP contribution in [0.5, 0.6) is 23.0 Å². The van der Waals surface area contributed by atoms with Crippen LogP contribution in [-0.4, -0.2) is 43.5 Å². The third-order valence-corrected chi connectivity index (χ3v) is 4.09. The highest BCUT2D eigenvalue weighted by molar-refractivity contribution is 6.05. The Bertz CT molecular complexity index is 1020. The van der Waals surface area contributed by atoms with Crippen molar-refractivity contribution in [1.29, 1.82) is 0 Å². The van der Waals surface area contributed by atoms with Crippen molar-refractivity contribution in [3.8, 4) is 34.5 Å². The molecule has 0 aliphatic carbocycles. The number of amides is 1. The topological polar surface area (TPSA) is 105 Å². The molecule has 144 valence electrons. The smallest absolute Gasteiger partial charge is 0.322 e. The lowest BCUT2D eigenvalue weighted by molar-refractivity contribution is 0.102. The lowest BCUT2D eigenvalue weighted by Gasteiger charge is -2.18. The Kier molecular flexibility index (Phi) is 4.71. The minimum Gasteiger partial charge on any atom is -0.497 e. The summed E-state index contributed by atoms with van der Waals surface area (Å²) in [7, 11) is 2.99. The molecule has 0 saturated heterocycles. The standard InChI is InChI=1S/C19H17N3O6/c1-24-12-4-6-14(25-2)13(10-12)17(23)20-19-22-21-18(28-19)11-3-5-15-16(9-11)27-8-7-26-15/h3-6,9-10H,7-8H2,1-2H3,(H,20,22,23). The molecule has 2 heterocycles. The summed E-state index contributed by atoms with van der Waals surface area (Å²) in [5.74, 6) is 1.96. The van der Waals surface area contributed by atoms with Crippen LogP contribution >= 0.6 is 0 Å². The average molecular weight is 383 g/mol. The Hall–Kier alpha value is -3.75. The fourth-order valence-corrected chi connectivity index (χ4v) is 2.72. The van der Waals surface area contributed by atoms with Gasteiger partial charge in [0, 0.05) is 5.56 Å². The number of fused-ring (bicyclic) bond motifs is 1. The van der Waals surface area contributed by atoms with Crippen LogP contribution in [0.4, 0.5) is 6.01 Å². The van der Waals surface area contributed by atoms with Gasteiger partial charge < -0.3 is 23.4 Å². The van der Waals surface area contributed by atoms with Gasteiger partial charge in [-0.25, -0.2) is 0 Å². The van der Waals surface area contributed by atoms with Crippen molar-refractivity contribution in [2.24, 2.45) is 0 Å². The molecule has 9 heteroatoms. The molecule has 1 N–H and O–H groups in total. The van der Waals surface area contributed by atoms with E-state index in [9.17, 15) is 4.79 Å². The molecule has 1 amide bonds. The molecule has 9 nitrogen and oxygen atoms in total. The SMILES string of the molecule is COc1ccc(OC)c(C(=O)Nc2nnc(-c3ccc4c(c3)OCCO4)o2)c1. The van der Waals surface area contributed by atoms with Gasteiger partial charge in [0.05, 0.1) is 19.8 Å². The third kappa shape index (κ3) is 3.41. The van der Waals surface area contributed by atoms with Crippen LogP contribution in [0, 0.1) is 0 Å². The van der Waals surface area contributed by atoms with E-state index in [1.807, 2.05) is 0 Å². The Morgan fingerprint density at radius 3 is 2.61 bits per heavy atom. The maximum absolute atomic E-state index is 12.6. The first-order chi connectivity index (χ1) is 13.7. The van der Waals surface area contributed by atoms with E-state index in [-0.39, 0.29) is 17.5 Å². The van der Waals surface area contributed by atoms with E-state index in [2.05, 4.69) is 15.5 Å². The number of benzene rings is 2. The molecule has 1 aliphatic rings. The normalized spacial score (nSPS) is 12.4. The molecule has 2 aromatic carbocycles. The van der Waals surface area contributed by atoms with E-state index in [0.29, 0.717) is 41.8 Å². The van der Waals surface area contributed by atoms with Crippen LogP contribution in [0.3, 0.4) is 0 Å². The molecule has 0 fully saturated rings. The van der Waals surface area contributed by atoms with Gasteiger partial charge in [-0.3, -0.25) is 10.1 Å². The number of aromatic nitrogens is 2. The molecule has 28 heavy (non-hydrogen) atoms. The maximum Gasteiger partial charge on any atom is 0.322 e. The number of nitrogens with zero attached hydrogens (tertiary/aromatic N) is 2. The highest BCUT2D eigenvalue weighted by Gasteiger charge is 2.19. The summed E-state index contributed by atoms with van der Waals surface area (Å²) in [6, 6.07) is 10.2. The van der Waals surface area contributed by atoms with Crippen molar-refractivity contribution in [2.45, 2.75) is 0 Å². The van der Waals surface area contributed by atoms with Crippen molar-refractivity contribution < 1.29 is 28.2 Å². The first kappa shape index (κ1) is 17.7. The Balaban J connectivity index is 1.55. The lowest BCUT2D eigenvalue weighted by atomic mass is 10.1. The number of rotatable bonds is 5. The van der Waals surface area contributed by atoms with Crippen LogP contribution in [-0.2, 0) is 0 Å². The molecule has 0 radical (unpaired) electrons. The molecule has 0 atom stereocenters. The quantitative estimate of drug-likeness (QED) is 0.717. The summed E-state index contributed by atoms with van der Waals surface area (Å²) >= 11 is 0. The van der Waals surface area contributed by atoms with Crippen LogP contribution in [0.2, 0.25) is 0 Å². The fourth-order valence-electron chi connectivity index (χ4n) is 2.72. The Morgan fingerprint density at radius 1 is 1.00 bits per heavy atom. The molecule has 1 aliphatic heterocycles. The van der Waals surface area contributed by atoms with Crippen molar-refractivity contribution >= 4 is 11.9 Å². The predicted molar refractivity (Wildman–Crippen MR) is 98.2 cm³/mol. The molecule has 0 spiro atoms. The van der Waals surface area contributed by atoms with E-state index in [1.54, 1.807) is 36.4 Å². The number of nitrogens with one attached hydrogen (secondary N) is 1. The van der Waals surface area contributed by atoms with Gasteiger partial charge in [-0.05, 0) is 36.4 Å². The van der Waals surface area contributed by atoms with Gasteiger partial charge in [0.15, 0.2) is 11.5 Å². The van der Waals surface area contributed by atoms with E-state index in [4.69, 9.17) is 23.4 Å². The number of carbonyl (C=O) groups excluding carboxylic acids is 1.